The molecule has 2 rings (SSSR count). The van der Waals surface area contributed by atoms with Crippen molar-refractivity contribution in [2.24, 2.45) is 5.41 Å². The van der Waals surface area contributed by atoms with Gasteiger partial charge in [-0.15, -0.1) is 11.3 Å². The summed E-state index contributed by atoms with van der Waals surface area (Å²) in [5, 5.41) is 3.75. The lowest BCUT2D eigenvalue weighted by Crippen LogP contribution is -2.40. The summed E-state index contributed by atoms with van der Waals surface area (Å²) in [6.07, 6.45) is 3.96. The van der Waals surface area contributed by atoms with Gasteiger partial charge in [-0.1, -0.05) is 6.92 Å². The normalized spacial score (nSPS) is 21.8. The van der Waals surface area contributed by atoms with Gasteiger partial charge in [-0.2, -0.15) is 0 Å². The molecular weight excluding hydrogens is 214 g/mol. The zero-order valence-electron chi connectivity index (χ0n) is 10.8. The third-order valence-electron chi connectivity index (χ3n) is 3.92. The van der Waals surface area contributed by atoms with E-state index in [2.05, 4.69) is 45.1 Å². The Labute approximate surface area is 103 Å². The highest BCUT2D eigenvalue weighted by Crippen LogP contribution is 2.48. The molecule has 1 fully saturated rings. The molecule has 1 aromatic heterocycles. The summed E-state index contributed by atoms with van der Waals surface area (Å²) in [5.74, 6) is 0. The zero-order chi connectivity index (χ0) is 11.8. The lowest BCUT2D eigenvalue weighted by atomic mass is 9.99. The van der Waals surface area contributed by atoms with Crippen molar-refractivity contribution in [1.82, 2.24) is 5.32 Å². The summed E-state index contributed by atoms with van der Waals surface area (Å²) in [7, 11) is 0. The van der Waals surface area contributed by atoms with E-state index in [1.165, 1.54) is 29.0 Å². The maximum atomic E-state index is 3.75. The maximum Gasteiger partial charge on any atom is 0.00951 e. The molecule has 1 heterocycles. The standard InChI is InChI=1S/C14H23NS/c1-10(9-13-6-5-11(2)16-13)15-12(3)14(4)7-8-14/h5-6,10,12,15H,7-9H2,1-4H3. The molecule has 0 aromatic carbocycles. The van der Waals surface area contributed by atoms with E-state index < -0.39 is 0 Å². The fourth-order valence-electron chi connectivity index (χ4n) is 2.21. The molecule has 1 nitrogen and oxygen atoms in total. The van der Waals surface area contributed by atoms with Gasteiger partial charge >= 0.3 is 0 Å². The van der Waals surface area contributed by atoms with Crippen molar-refractivity contribution in [3.05, 3.63) is 21.9 Å². The monoisotopic (exact) mass is 237 g/mol. The lowest BCUT2D eigenvalue weighted by molar-refractivity contribution is 0.346. The van der Waals surface area contributed by atoms with E-state index in [-0.39, 0.29) is 0 Å². The van der Waals surface area contributed by atoms with Gasteiger partial charge in [-0.05, 0) is 57.6 Å². The molecule has 90 valence electrons. The van der Waals surface area contributed by atoms with Crippen molar-refractivity contribution in [3.63, 3.8) is 0 Å². The third kappa shape index (κ3) is 2.86. The van der Waals surface area contributed by atoms with Gasteiger partial charge in [-0.3, -0.25) is 0 Å². The molecule has 0 saturated heterocycles. The predicted octanol–water partition coefficient (Wildman–Crippen LogP) is 3.77. The number of hydrogen-bond donors (Lipinski definition) is 1. The van der Waals surface area contributed by atoms with E-state index in [4.69, 9.17) is 0 Å². The number of rotatable bonds is 5. The van der Waals surface area contributed by atoms with E-state index in [0.29, 0.717) is 17.5 Å². The molecule has 16 heavy (non-hydrogen) atoms. The Balaban J connectivity index is 1.82. The van der Waals surface area contributed by atoms with Crippen LogP contribution < -0.4 is 5.32 Å². The fraction of sp³-hybridized carbons (Fsp3) is 0.714. The van der Waals surface area contributed by atoms with Crippen molar-refractivity contribution < 1.29 is 0 Å². The molecule has 0 aliphatic heterocycles. The Morgan fingerprint density at radius 1 is 1.38 bits per heavy atom. The van der Waals surface area contributed by atoms with Gasteiger partial charge < -0.3 is 5.32 Å². The fourth-order valence-corrected chi connectivity index (χ4v) is 3.23. The maximum absolute atomic E-state index is 3.75. The molecule has 0 amide bonds. The zero-order valence-corrected chi connectivity index (χ0v) is 11.7. The van der Waals surface area contributed by atoms with Crippen LogP contribution in [0.15, 0.2) is 12.1 Å². The summed E-state index contributed by atoms with van der Waals surface area (Å²) >= 11 is 1.93. The van der Waals surface area contributed by atoms with Crippen LogP contribution in [0.4, 0.5) is 0 Å². The first-order valence-corrected chi connectivity index (χ1v) is 7.13. The number of nitrogens with one attached hydrogen (secondary N) is 1. The second-order valence-electron chi connectivity index (χ2n) is 5.66. The van der Waals surface area contributed by atoms with Gasteiger partial charge in [0, 0.05) is 21.8 Å². The first-order valence-electron chi connectivity index (χ1n) is 6.31. The largest absolute Gasteiger partial charge is 0.311 e. The van der Waals surface area contributed by atoms with Crippen molar-refractivity contribution in [2.45, 2.75) is 59.0 Å². The lowest BCUT2D eigenvalue weighted by Gasteiger charge is -2.24. The highest BCUT2D eigenvalue weighted by atomic mass is 32.1. The van der Waals surface area contributed by atoms with Gasteiger partial charge in [0.1, 0.15) is 0 Å². The van der Waals surface area contributed by atoms with E-state index in [1.54, 1.807) is 0 Å². The highest BCUT2D eigenvalue weighted by Gasteiger charge is 2.42. The average molecular weight is 237 g/mol. The van der Waals surface area contributed by atoms with Crippen molar-refractivity contribution in [2.75, 3.05) is 0 Å². The second kappa shape index (κ2) is 4.50. The molecule has 2 atom stereocenters. The van der Waals surface area contributed by atoms with Crippen LogP contribution in [0.3, 0.4) is 0 Å². The number of hydrogen-bond acceptors (Lipinski definition) is 2. The molecule has 2 heteroatoms. The Morgan fingerprint density at radius 3 is 2.56 bits per heavy atom. The van der Waals surface area contributed by atoms with E-state index in [1.807, 2.05) is 11.3 Å². The SMILES string of the molecule is Cc1ccc(CC(C)NC(C)C2(C)CC2)s1. The van der Waals surface area contributed by atoms with Crippen LogP contribution >= 0.6 is 11.3 Å². The molecule has 0 spiro atoms. The minimum absolute atomic E-state index is 0.583. The molecule has 1 N–H and O–H groups in total. The molecule has 0 radical (unpaired) electrons. The summed E-state index contributed by atoms with van der Waals surface area (Å²) in [6.45, 7) is 9.22. The molecule has 1 aliphatic carbocycles. The van der Waals surface area contributed by atoms with Crippen LogP contribution in [0.2, 0.25) is 0 Å². The topological polar surface area (TPSA) is 12.0 Å². The smallest absolute Gasteiger partial charge is 0.00951 e. The molecular formula is C14H23NS. The Hall–Kier alpha value is -0.340. The van der Waals surface area contributed by atoms with Crippen LogP contribution in [0, 0.1) is 12.3 Å². The number of aryl methyl sites for hydroxylation is 1. The first-order chi connectivity index (χ1) is 7.49. The molecule has 2 unspecified atom stereocenters. The van der Waals surface area contributed by atoms with Crippen molar-refractivity contribution in [3.8, 4) is 0 Å². The molecule has 0 bridgehead atoms. The van der Waals surface area contributed by atoms with Crippen LogP contribution in [0.5, 0.6) is 0 Å². The number of thiophene rings is 1. The van der Waals surface area contributed by atoms with Crippen LogP contribution in [-0.2, 0) is 6.42 Å². The van der Waals surface area contributed by atoms with E-state index in [0.717, 1.165) is 0 Å². The minimum atomic E-state index is 0.583. The Morgan fingerprint density at radius 2 is 2.06 bits per heavy atom. The summed E-state index contributed by atoms with van der Waals surface area (Å²) < 4.78 is 0. The Bertz CT molecular complexity index is 351. The van der Waals surface area contributed by atoms with Crippen LogP contribution in [0.1, 0.15) is 43.4 Å². The second-order valence-corrected chi connectivity index (χ2v) is 7.03. The summed E-state index contributed by atoms with van der Waals surface area (Å²) in [5.41, 5.74) is 0.583. The third-order valence-corrected chi connectivity index (χ3v) is 4.94. The van der Waals surface area contributed by atoms with E-state index in [9.17, 15) is 0 Å². The molecule has 1 saturated carbocycles. The quantitative estimate of drug-likeness (QED) is 0.822. The van der Waals surface area contributed by atoms with E-state index >= 15 is 0 Å². The molecule has 1 aromatic rings. The average Bonchev–Trinajstić information content (AvgIpc) is 2.82. The van der Waals surface area contributed by atoms with Gasteiger partial charge in [0.25, 0.3) is 0 Å². The van der Waals surface area contributed by atoms with Gasteiger partial charge in [0.2, 0.25) is 0 Å². The van der Waals surface area contributed by atoms with Gasteiger partial charge in [0.15, 0.2) is 0 Å². The van der Waals surface area contributed by atoms with Crippen molar-refractivity contribution in [1.29, 1.82) is 0 Å². The van der Waals surface area contributed by atoms with Crippen LogP contribution in [0.25, 0.3) is 0 Å². The Kier molecular flexibility index (Phi) is 3.41. The predicted molar refractivity (Wildman–Crippen MR) is 72.2 cm³/mol. The first kappa shape index (κ1) is 12.1. The minimum Gasteiger partial charge on any atom is -0.311 e. The van der Waals surface area contributed by atoms with Crippen molar-refractivity contribution >= 4 is 11.3 Å². The molecule has 1 aliphatic rings. The highest BCUT2D eigenvalue weighted by molar-refractivity contribution is 7.11. The van der Waals surface area contributed by atoms with Gasteiger partial charge in [-0.25, -0.2) is 0 Å². The van der Waals surface area contributed by atoms with Gasteiger partial charge in [0.05, 0.1) is 0 Å². The summed E-state index contributed by atoms with van der Waals surface area (Å²) in [6, 6.07) is 5.73. The van der Waals surface area contributed by atoms with Crippen LogP contribution in [-0.4, -0.2) is 12.1 Å². The summed E-state index contributed by atoms with van der Waals surface area (Å²) in [4.78, 5) is 2.93.